The highest BCUT2D eigenvalue weighted by Crippen LogP contribution is 2.27. The Morgan fingerprint density at radius 2 is 2.11 bits per heavy atom. The Kier molecular flexibility index (Phi) is 2.77. The van der Waals surface area contributed by atoms with E-state index in [-0.39, 0.29) is 0 Å². The fourth-order valence-corrected chi connectivity index (χ4v) is 2.39. The Morgan fingerprint density at radius 1 is 1.33 bits per heavy atom. The van der Waals surface area contributed by atoms with Gasteiger partial charge in [-0.15, -0.1) is 0 Å². The lowest BCUT2D eigenvalue weighted by atomic mass is 9.99. The molecule has 1 fully saturated rings. The second-order valence-corrected chi connectivity index (χ2v) is 4.92. The van der Waals surface area contributed by atoms with Gasteiger partial charge in [0.05, 0.1) is 11.6 Å². The topological polar surface area (TPSA) is 69.7 Å². The molecule has 0 atom stereocenters. The largest absolute Gasteiger partial charge is 0.357 e. The van der Waals surface area contributed by atoms with Gasteiger partial charge in [-0.3, -0.25) is 5.10 Å². The summed E-state index contributed by atoms with van der Waals surface area (Å²) in [5.41, 5.74) is 0.794. The lowest BCUT2D eigenvalue weighted by Gasteiger charge is -2.31. The zero-order valence-corrected chi connectivity index (χ0v) is 10.8. The van der Waals surface area contributed by atoms with Gasteiger partial charge in [0.25, 0.3) is 0 Å². The first-order valence-electron chi connectivity index (χ1n) is 6.41. The van der Waals surface area contributed by atoms with Crippen LogP contribution in [0.15, 0.2) is 6.20 Å². The molecule has 0 amide bonds. The number of nitrogens with one attached hydrogen (secondary N) is 2. The standard InChI is InChI=1S/C12H18N6/c1-8-3-5-18(6-4-8)11-9-7-14-17-10(9)15-12(13-2)16-11/h7-8H,3-6H2,1-2H3,(H2,13,14,15,16,17). The lowest BCUT2D eigenvalue weighted by molar-refractivity contribution is 0.437. The van der Waals surface area contributed by atoms with Crippen molar-refractivity contribution in [3.63, 3.8) is 0 Å². The fraction of sp³-hybridized carbons (Fsp3) is 0.583. The van der Waals surface area contributed by atoms with Crippen LogP contribution in [0, 0.1) is 5.92 Å². The van der Waals surface area contributed by atoms with Gasteiger partial charge in [-0.05, 0) is 18.8 Å². The third-order valence-corrected chi connectivity index (χ3v) is 3.60. The molecule has 1 aliphatic heterocycles. The van der Waals surface area contributed by atoms with Crippen LogP contribution in [0.4, 0.5) is 11.8 Å². The van der Waals surface area contributed by atoms with Crippen LogP contribution in [0.1, 0.15) is 19.8 Å². The number of fused-ring (bicyclic) bond motifs is 1. The molecule has 2 aromatic rings. The predicted octanol–water partition coefficient (Wildman–Crippen LogP) is 1.63. The van der Waals surface area contributed by atoms with Crippen LogP contribution >= 0.6 is 0 Å². The first-order chi connectivity index (χ1) is 8.78. The van der Waals surface area contributed by atoms with Crippen LogP contribution < -0.4 is 10.2 Å². The number of piperidine rings is 1. The fourth-order valence-electron chi connectivity index (χ4n) is 2.39. The molecular weight excluding hydrogens is 228 g/mol. The monoisotopic (exact) mass is 246 g/mol. The molecule has 3 rings (SSSR count). The summed E-state index contributed by atoms with van der Waals surface area (Å²) in [4.78, 5) is 11.3. The normalized spacial score (nSPS) is 17.3. The molecule has 0 spiro atoms. The minimum atomic E-state index is 0.639. The summed E-state index contributed by atoms with van der Waals surface area (Å²) in [6.45, 7) is 4.42. The van der Waals surface area contributed by atoms with Gasteiger partial charge in [0.1, 0.15) is 5.82 Å². The maximum absolute atomic E-state index is 4.58. The highest BCUT2D eigenvalue weighted by atomic mass is 15.3. The van der Waals surface area contributed by atoms with Crippen molar-refractivity contribution in [1.29, 1.82) is 0 Å². The molecule has 3 heterocycles. The van der Waals surface area contributed by atoms with Crippen molar-refractivity contribution >= 4 is 22.8 Å². The molecule has 0 bridgehead atoms. The van der Waals surface area contributed by atoms with Gasteiger partial charge in [-0.1, -0.05) is 6.92 Å². The van der Waals surface area contributed by atoms with Crippen molar-refractivity contribution in [3.8, 4) is 0 Å². The van der Waals surface area contributed by atoms with Gasteiger partial charge in [0.2, 0.25) is 5.95 Å². The molecule has 0 radical (unpaired) electrons. The number of aromatic nitrogens is 4. The molecule has 2 N–H and O–H groups in total. The van der Waals surface area contributed by atoms with Crippen LogP contribution in [-0.4, -0.2) is 40.3 Å². The molecule has 18 heavy (non-hydrogen) atoms. The molecule has 6 heteroatoms. The number of hydrogen-bond donors (Lipinski definition) is 2. The summed E-state index contributed by atoms with van der Waals surface area (Å²) >= 11 is 0. The highest BCUT2D eigenvalue weighted by molar-refractivity contribution is 5.87. The highest BCUT2D eigenvalue weighted by Gasteiger charge is 2.20. The van der Waals surface area contributed by atoms with Crippen LogP contribution in [0.2, 0.25) is 0 Å². The van der Waals surface area contributed by atoms with Crippen LogP contribution in [-0.2, 0) is 0 Å². The lowest BCUT2D eigenvalue weighted by Crippen LogP contribution is -2.33. The van der Waals surface area contributed by atoms with E-state index in [1.165, 1.54) is 12.8 Å². The number of aromatic amines is 1. The third kappa shape index (κ3) is 1.87. The Hall–Kier alpha value is -1.85. The SMILES string of the molecule is CNc1nc(N2CCC(C)CC2)c2cn[nH]c2n1. The number of hydrogen-bond acceptors (Lipinski definition) is 5. The van der Waals surface area contributed by atoms with Crippen LogP contribution in [0.3, 0.4) is 0 Å². The quantitative estimate of drug-likeness (QED) is 0.843. The van der Waals surface area contributed by atoms with E-state index in [4.69, 9.17) is 0 Å². The van der Waals surface area contributed by atoms with E-state index < -0.39 is 0 Å². The number of H-pyrrole nitrogens is 1. The summed E-state index contributed by atoms with van der Waals surface area (Å²) in [5, 5.41) is 11.0. The predicted molar refractivity (Wildman–Crippen MR) is 71.8 cm³/mol. The molecule has 1 saturated heterocycles. The molecule has 0 aliphatic carbocycles. The van der Waals surface area contributed by atoms with Crippen LogP contribution in [0.5, 0.6) is 0 Å². The van der Waals surface area contributed by atoms with Crippen molar-refractivity contribution in [3.05, 3.63) is 6.20 Å². The first kappa shape index (κ1) is 11.3. The molecule has 0 aromatic carbocycles. The van der Waals surface area contributed by atoms with Crippen molar-refractivity contribution in [2.45, 2.75) is 19.8 Å². The van der Waals surface area contributed by atoms with Gasteiger partial charge < -0.3 is 10.2 Å². The van der Waals surface area contributed by atoms with Crippen molar-refractivity contribution in [2.75, 3.05) is 30.4 Å². The third-order valence-electron chi connectivity index (χ3n) is 3.60. The van der Waals surface area contributed by atoms with Gasteiger partial charge in [-0.2, -0.15) is 15.1 Å². The van der Waals surface area contributed by atoms with Gasteiger partial charge in [0.15, 0.2) is 5.65 Å². The molecule has 0 saturated carbocycles. The second kappa shape index (κ2) is 4.44. The van der Waals surface area contributed by atoms with E-state index in [1.807, 2.05) is 13.2 Å². The van der Waals surface area contributed by atoms with E-state index >= 15 is 0 Å². The Balaban J connectivity index is 2.01. The van der Waals surface area contributed by atoms with Gasteiger partial charge in [-0.25, -0.2) is 0 Å². The minimum Gasteiger partial charge on any atom is -0.357 e. The number of anilines is 2. The summed E-state index contributed by atoms with van der Waals surface area (Å²) in [7, 11) is 1.83. The first-order valence-corrected chi connectivity index (χ1v) is 6.41. The summed E-state index contributed by atoms with van der Waals surface area (Å²) < 4.78 is 0. The van der Waals surface area contributed by atoms with E-state index in [2.05, 4.69) is 37.3 Å². The van der Waals surface area contributed by atoms with Crippen LogP contribution in [0.25, 0.3) is 11.0 Å². The minimum absolute atomic E-state index is 0.639. The maximum atomic E-state index is 4.58. The maximum Gasteiger partial charge on any atom is 0.226 e. The van der Waals surface area contributed by atoms with Crippen molar-refractivity contribution in [1.82, 2.24) is 20.2 Å². The molecule has 6 nitrogen and oxygen atoms in total. The van der Waals surface area contributed by atoms with Gasteiger partial charge in [0, 0.05) is 20.1 Å². The Morgan fingerprint density at radius 3 is 2.83 bits per heavy atom. The number of nitrogens with zero attached hydrogens (tertiary/aromatic N) is 4. The molecule has 0 unspecified atom stereocenters. The molecule has 2 aromatic heterocycles. The Bertz CT molecular complexity index is 540. The van der Waals surface area contributed by atoms with Crippen molar-refractivity contribution < 1.29 is 0 Å². The molecular formula is C12H18N6. The van der Waals surface area contributed by atoms with E-state index in [9.17, 15) is 0 Å². The zero-order valence-electron chi connectivity index (χ0n) is 10.8. The smallest absolute Gasteiger partial charge is 0.226 e. The van der Waals surface area contributed by atoms with E-state index in [1.54, 1.807) is 0 Å². The molecule has 1 aliphatic rings. The summed E-state index contributed by atoms with van der Waals surface area (Å²) in [6, 6.07) is 0. The van der Waals surface area contributed by atoms with E-state index in [0.29, 0.717) is 5.95 Å². The Labute approximate surface area is 106 Å². The zero-order chi connectivity index (χ0) is 12.5. The summed E-state index contributed by atoms with van der Waals surface area (Å²) in [5.74, 6) is 2.44. The second-order valence-electron chi connectivity index (χ2n) is 4.92. The van der Waals surface area contributed by atoms with Gasteiger partial charge >= 0.3 is 0 Å². The average molecular weight is 246 g/mol. The number of rotatable bonds is 2. The summed E-state index contributed by atoms with van der Waals surface area (Å²) in [6.07, 6.45) is 4.25. The molecule has 96 valence electrons. The van der Waals surface area contributed by atoms with E-state index in [0.717, 1.165) is 35.9 Å². The average Bonchev–Trinajstić information content (AvgIpc) is 2.86. The van der Waals surface area contributed by atoms with Crippen molar-refractivity contribution in [2.24, 2.45) is 5.92 Å².